The van der Waals surface area contributed by atoms with Crippen LogP contribution in [0.25, 0.3) is 0 Å². The molecule has 15 heavy (non-hydrogen) atoms. The number of likely N-dealkylation sites (N-methyl/N-ethyl adjacent to an activating group) is 1. The second-order valence-electron chi connectivity index (χ2n) is 3.05. The van der Waals surface area contributed by atoms with E-state index in [1.165, 1.54) is 0 Å². The van der Waals surface area contributed by atoms with Crippen LogP contribution >= 0.6 is 0 Å². The van der Waals surface area contributed by atoms with E-state index >= 15 is 0 Å². The van der Waals surface area contributed by atoms with E-state index in [9.17, 15) is 4.79 Å². The molecule has 0 aliphatic carbocycles. The maximum Gasteiger partial charge on any atom is 0.251 e. The molecule has 1 rings (SSSR count). The molecule has 0 unspecified atom stereocenters. The summed E-state index contributed by atoms with van der Waals surface area (Å²) in [4.78, 5) is 11.5. The molecule has 1 aromatic carbocycles. The van der Waals surface area contributed by atoms with Crippen molar-refractivity contribution >= 4 is 5.91 Å². The van der Waals surface area contributed by atoms with Crippen molar-refractivity contribution in [3.8, 4) is 6.07 Å². The molecule has 4 nitrogen and oxygen atoms in total. The number of nitrogens with one attached hydrogen (secondary N) is 2. The number of hydrogen-bond acceptors (Lipinski definition) is 3. The average Bonchev–Trinajstić information content (AvgIpc) is 2.29. The molecule has 0 fully saturated rings. The maximum absolute atomic E-state index is 11.5. The lowest BCUT2D eigenvalue weighted by Crippen LogP contribution is -2.30. The summed E-state index contributed by atoms with van der Waals surface area (Å²) in [6.07, 6.45) is 0. The summed E-state index contributed by atoms with van der Waals surface area (Å²) in [6.45, 7) is 1.30. The molecule has 78 valence electrons. The van der Waals surface area contributed by atoms with Gasteiger partial charge in [-0.2, -0.15) is 5.26 Å². The molecule has 1 amide bonds. The Balaban J connectivity index is 2.62. The number of carbonyl (C=O) groups excluding carboxylic acids is 1. The molecule has 0 aromatic heterocycles. The lowest BCUT2D eigenvalue weighted by atomic mass is 10.1. The lowest BCUT2D eigenvalue weighted by molar-refractivity contribution is 0.0954. The molecule has 0 atom stereocenters. The fourth-order valence-corrected chi connectivity index (χ4v) is 1.13. The van der Waals surface area contributed by atoms with Gasteiger partial charge in [0.25, 0.3) is 5.91 Å². The molecule has 2 N–H and O–H groups in total. The van der Waals surface area contributed by atoms with Gasteiger partial charge in [-0.3, -0.25) is 4.79 Å². The monoisotopic (exact) mass is 203 g/mol. The number of rotatable bonds is 4. The Kier molecular flexibility index (Phi) is 4.32. The first-order valence-corrected chi connectivity index (χ1v) is 4.71. The van der Waals surface area contributed by atoms with E-state index in [0.29, 0.717) is 17.7 Å². The largest absolute Gasteiger partial charge is 0.351 e. The molecule has 4 heteroatoms. The van der Waals surface area contributed by atoms with Gasteiger partial charge in [0.2, 0.25) is 0 Å². The highest BCUT2D eigenvalue weighted by Gasteiger charge is 2.04. The Morgan fingerprint density at radius 3 is 2.93 bits per heavy atom. The number of carbonyl (C=O) groups is 1. The molecule has 0 saturated heterocycles. The first kappa shape index (κ1) is 11.2. The number of amides is 1. The van der Waals surface area contributed by atoms with Crippen LogP contribution in [0.1, 0.15) is 15.9 Å². The summed E-state index contributed by atoms with van der Waals surface area (Å²) in [5.74, 6) is -0.151. The second kappa shape index (κ2) is 5.78. The fraction of sp³-hybridized carbons (Fsp3) is 0.273. The highest BCUT2D eigenvalue weighted by Crippen LogP contribution is 2.03. The number of hydrogen-bond donors (Lipinski definition) is 2. The van der Waals surface area contributed by atoms with Crippen LogP contribution in [0, 0.1) is 11.3 Å². The SMILES string of the molecule is CNCCNC(=O)c1cccc(C#N)c1. The predicted molar refractivity (Wildman–Crippen MR) is 57.4 cm³/mol. The molecule has 0 aliphatic rings. The number of nitriles is 1. The van der Waals surface area contributed by atoms with Crippen LogP contribution in [0.4, 0.5) is 0 Å². The first-order chi connectivity index (χ1) is 7.27. The van der Waals surface area contributed by atoms with Crippen molar-refractivity contribution in [1.82, 2.24) is 10.6 Å². The van der Waals surface area contributed by atoms with Crippen molar-refractivity contribution < 1.29 is 4.79 Å². The van der Waals surface area contributed by atoms with E-state index in [1.807, 2.05) is 13.1 Å². The van der Waals surface area contributed by atoms with Gasteiger partial charge in [-0.05, 0) is 25.2 Å². The Morgan fingerprint density at radius 1 is 1.47 bits per heavy atom. The van der Waals surface area contributed by atoms with Crippen LogP contribution in [0.3, 0.4) is 0 Å². The maximum atomic E-state index is 11.5. The summed E-state index contributed by atoms with van der Waals surface area (Å²) < 4.78 is 0. The molecular weight excluding hydrogens is 190 g/mol. The van der Waals surface area contributed by atoms with Gasteiger partial charge >= 0.3 is 0 Å². The third kappa shape index (κ3) is 3.41. The van der Waals surface area contributed by atoms with Gasteiger partial charge in [-0.1, -0.05) is 6.07 Å². The molecule has 0 saturated carbocycles. The molecule has 1 aromatic rings. The third-order valence-electron chi connectivity index (χ3n) is 1.91. The fourth-order valence-electron chi connectivity index (χ4n) is 1.13. The van der Waals surface area contributed by atoms with E-state index in [1.54, 1.807) is 24.3 Å². The van der Waals surface area contributed by atoms with Crippen molar-refractivity contribution in [2.45, 2.75) is 0 Å². The summed E-state index contributed by atoms with van der Waals surface area (Å²) in [5.41, 5.74) is 1.02. The van der Waals surface area contributed by atoms with Crippen LogP contribution in [0.5, 0.6) is 0 Å². The second-order valence-corrected chi connectivity index (χ2v) is 3.05. The quantitative estimate of drug-likeness (QED) is 0.701. The zero-order valence-electron chi connectivity index (χ0n) is 8.58. The highest BCUT2D eigenvalue weighted by molar-refractivity contribution is 5.94. The van der Waals surface area contributed by atoms with Crippen molar-refractivity contribution in [1.29, 1.82) is 5.26 Å². The van der Waals surface area contributed by atoms with Gasteiger partial charge in [0.15, 0.2) is 0 Å². The van der Waals surface area contributed by atoms with Gasteiger partial charge in [0.1, 0.15) is 0 Å². The normalized spacial score (nSPS) is 9.33. The average molecular weight is 203 g/mol. The minimum Gasteiger partial charge on any atom is -0.351 e. The van der Waals surface area contributed by atoms with Crippen LogP contribution in [0.15, 0.2) is 24.3 Å². The van der Waals surface area contributed by atoms with E-state index in [4.69, 9.17) is 5.26 Å². The lowest BCUT2D eigenvalue weighted by Gasteiger charge is -2.04. The van der Waals surface area contributed by atoms with Gasteiger partial charge < -0.3 is 10.6 Å². The van der Waals surface area contributed by atoms with Crippen LogP contribution in [0.2, 0.25) is 0 Å². The molecule has 0 heterocycles. The minimum atomic E-state index is -0.151. The van der Waals surface area contributed by atoms with Crippen molar-refractivity contribution in [2.75, 3.05) is 20.1 Å². The van der Waals surface area contributed by atoms with E-state index in [2.05, 4.69) is 10.6 Å². The van der Waals surface area contributed by atoms with Crippen molar-refractivity contribution in [2.24, 2.45) is 0 Å². The summed E-state index contributed by atoms with van der Waals surface area (Å²) in [6, 6.07) is 8.64. The Bertz CT molecular complexity index is 382. The predicted octanol–water partition coefficient (Wildman–Crippen LogP) is 0.507. The summed E-state index contributed by atoms with van der Waals surface area (Å²) >= 11 is 0. The van der Waals surface area contributed by atoms with Crippen LogP contribution < -0.4 is 10.6 Å². The smallest absolute Gasteiger partial charge is 0.251 e. The molecule has 0 spiro atoms. The van der Waals surface area contributed by atoms with Crippen molar-refractivity contribution in [3.63, 3.8) is 0 Å². The first-order valence-electron chi connectivity index (χ1n) is 4.71. The Morgan fingerprint density at radius 2 is 2.27 bits per heavy atom. The van der Waals surface area contributed by atoms with Gasteiger partial charge in [0.05, 0.1) is 11.6 Å². The minimum absolute atomic E-state index is 0.151. The molecule has 0 radical (unpaired) electrons. The molecular formula is C11H13N3O. The Labute approximate surface area is 88.9 Å². The van der Waals surface area contributed by atoms with Crippen molar-refractivity contribution in [3.05, 3.63) is 35.4 Å². The van der Waals surface area contributed by atoms with Crippen LogP contribution in [-0.4, -0.2) is 26.0 Å². The third-order valence-corrected chi connectivity index (χ3v) is 1.91. The zero-order valence-corrected chi connectivity index (χ0v) is 8.58. The molecule has 0 aliphatic heterocycles. The Hall–Kier alpha value is -1.86. The summed E-state index contributed by atoms with van der Waals surface area (Å²) in [5, 5.41) is 14.3. The highest BCUT2D eigenvalue weighted by atomic mass is 16.1. The zero-order chi connectivity index (χ0) is 11.1. The standard InChI is InChI=1S/C11H13N3O/c1-13-5-6-14-11(15)10-4-2-3-9(7-10)8-12/h2-4,7,13H,5-6H2,1H3,(H,14,15). The molecule has 0 bridgehead atoms. The number of benzene rings is 1. The van der Waals surface area contributed by atoms with E-state index in [0.717, 1.165) is 6.54 Å². The number of nitrogens with zero attached hydrogens (tertiary/aromatic N) is 1. The van der Waals surface area contributed by atoms with Crippen LogP contribution in [-0.2, 0) is 0 Å². The van der Waals surface area contributed by atoms with Gasteiger partial charge in [-0.25, -0.2) is 0 Å². The summed E-state index contributed by atoms with van der Waals surface area (Å²) in [7, 11) is 1.82. The van der Waals surface area contributed by atoms with E-state index in [-0.39, 0.29) is 5.91 Å². The van der Waals surface area contributed by atoms with Gasteiger partial charge in [0, 0.05) is 18.7 Å². The van der Waals surface area contributed by atoms with E-state index < -0.39 is 0 Å². The van der Waals surface area contributed by atoms with Gasteiger partial charge in [-0.15, -0.1) is 0 Å². The topological polar surface area (TPSA) is 64.9 Å².